The van der Waals surface area contributed by atoms with E-state index >= 15 is 0 Å². The molecule has 1 aromatic heterocycles. The normalized spacial score (nSPS) is 12.9. The van der Waals surface area contributed by atoms with Crippen LogP contribution < -0.4 is 20.1 Å². The Bertz CT molecular complexity index is 873. The first-order chi connectivity index (χ1) is 14.9. The highest BCUT2D eigenvalue weighted by Crippen LogP contribution is 2.24. The third-order valence-electron chi connectivity index (χ3n) is 4.25. The van der Waals surface area contributed by atoms with Crippen molar-refractivity contribution in [2.75, 3.05) is 26.8 Å². The van der Waals surface area contributed by atoms with Crippen molar-refractivity contribution >= 4 is 47.2 Å². The predicted molar refractivity (Wildman–Crippen MR) is 139 cm³/mol. The van der Waals surface area contributed by atoms with E-state index in [-0.39, 0.29) is 42.1 Å². The molecule has 0 aliphatic heterocycles. The van der Waals surface area contributed by atoms with Gasteiger partial charge < -0.3 is 24.8 Å². The monoisotopic (exact) mass is 576 g/mol. The molecule has 0 radical (unpaired) electrons. The van der Waals surface area contributed by atoms with Crippen LogP contribution in [0.5, 0.6) is 11.5 Å². The Morgan fingerprint density at radius 1 is 1.19 bits per heavy atom. The maximum absolute atomic E-state index is 12.1. The number of benzene rings is 1. The van der Waals surface area contributed by atoms with Crippen molar-refractivity contribution in [3.63, 3.8) is 0 Å². The molecule has 0 aliphatic carbocycles. The number of esters is 1. The summed E-state index contributed by atoms with van der Waals surface area (Å²) in [5.41, 5.74) is 0.676. The summed E-state index contributed by atoms with van der Waals surface area (Å²) < 4.78 is 16.2. The van der Waals surface area contributed by atoms with E-state index in [2.05, 4.69) is 20.6 Å². The lowest BCUT2D eigenvalue weighted by Crippen LogP contribution is -2.39. The van der Waals surface area contributed by atoms with Crippen molar-refractivity contribution in [3.8, 4) is 11.5 Å². The van der Waals surface area contributed by atoms with Gasteiger partial charge in [-0.3, -0.25) is 0 Å². The summed E-state index contributed by atoms with van der Waals surface area (Å²) >= 11 is 1.34. The van der Waals surface area contributed by atoms with Gasteiger partial charge >= 0.3 is 5.97 Å². The first-order valence-electron chi connectivity index (χ1n) is 10.4. The van der Waals surface area contributed by atoms with E-state index in [4.69, 9.17) is 14.2 Å². The summed E-state index contributed by atoms with van der Waals surface area (Å²) in [5, 5.41) is 7.38. The number of hydrogen-bond acceptors (Lipinski definition) is 7. The number of aromatic nitrogens is 1. The second-order valence-corrected chi connectivity index (χ2v) is 7.91. The molecule has 1 aromatic carbocycles. The smallest absolute Gasteiger partial charge is 0.350 e. The minimum Gasteiger partial charge on any atom is -0.497 e. The Labute approximate surface area is 211 Å². The SMILES string of the molecule is CCNC(=NCC(C)Oc1ccc(OC)cc1)NC(C)c1nc(C)c(C(=O)OCC)s1.I. The van der Waals surface area contributed by atoms with E-state index in [1.54, 1.807) is 14.0 Å². The molecule has 178 valence electrons. The van der Waals surface area contributed by atoms with Crippen molar-refractivity contribution in [1.82, 2.24) is 15.6 Å². The molecule has 0 aliphatic rings. The van der Waals surface area contributed by atoms with Crippen LogP contribution in [-0.4, -0.2) is 49.8 Å². The minimum absolute atomic E-state index is 0. The van der Waals surface area contributed by atoms with Gasteiger partial charge in [-0.15, -0.1) is 35.3 Å². The Kier molecular flexibility index (Phi) is 12.4. The molecule has 0 bridgehead atoms. The van der Waals surface area contributed by atoms with Gasteiger partial charge in [-0.25, -0.2) is 14.8 Å². The van der Waals surface area contributed by atoms with E-state index in [0.717, 1.165) is 23.1 Å². The van der Waals surface area contributed by atoms with Crippen LogP contribution in [0, 0.1) is 6.92 Å². The van der Waals surface area contributed by atoms with Gasteiger partial charge in [0.05, 0.1) is 32.0 Å². The highest BCUT2D eigenvalue weighted by Gasteiger charge is 2.20. The number of aliphatic imine (C=N–C) groups is 1. The molecule has 0 saturated carbocycles. The van der Waals surface area contributed by atoms with Crippen LogP contribution in [-0.2, 0) is 4.74 Å². The van der Waals surface area contributed by atoms with Crippen LogP contribution >= 0.6 is 35.3 Å². The van der Waals surface area contributed by atoms with Crippen molar-refractivity contribution in [2.45, 2.75) is 46.8 Å². The Hall–Kier alpha value is -2.08. The zero-order valence-corrected chi connectivity index (χ0v) is 22.6. The standard InChI is InChI=1S/C22H32N4O4S.HI/c1-7-23-22(24-13-14(3)30-18-11-9-17(28-6)10-12-18)26-16(5)20-25-15(4)19(31-20)21(27)29-8-2;/h9-12,14,16H,7-8,13H2,1-6H3,(H2,23,24,26);1H. The second-order valence-electron chi connectivity index (χ2n) is 6.88. The summed E-state index contributed by atoms with van der Waals surface area (Å²) in [6.45, 7) is 11.1. The van der Waals surface area contributed by atoms with Crippen LogP contribution in [0.25, 0.3) is 0 Å². The Morgan fingerprint density at radius 2 is 1.84 bits per heavy atom. The number of nitrogens with zero attached hydrogens (tertiary/aromatic N) is 2. The van der Waals surface area contributed by atoms with E-state index in [1.165, 1.54) is 11.3 Å². The number of methoxy groups -OCH3 is 1. The van der Waals surface area contributed by atoms with Crippen LogP contribution in [0.2, 0.25) is 0 Å². The van der Waals surface area contributed by atoms with E-state index < -0.39 is 0 Å². The molecule has 32 heavy (non-hydrogen) atoms. The second kappa shape index (κ2) is 14.1. The lowest BCUT2D eigenvalue weighted by Gasteiger charge is -2.18. The first kappa shape index (κ1) is 28.0. The summed E-state index contributed by atoms with van der Waals surface area (Å²) in [7, 11) is 1.63. The number of guanidine groups is 1. The largest absolute Gasteiger partial charge is 0.497 e. The number of rotatable bonds is 10. The van der Waals surface area contributed by atoms with Gasteiger partial charge in [0.15, 0.2) is 5.96 Å². The lowest BCUT2D eigenvalue weighted by atomic mass is 10.3. The third-order valence-corrected chi connectivity index (χ3v) is 5.57. The topological polar surface area (TPSA) is 94.1 Å². The van der Waals surface area contributed by atoms with E-state index in [1.807, 2.05) is 52.0 Å². The molecular formula is C22H33IN4O4S. The number of ether oxygens (including phenoxy) is 3. The van der Waals surface area contributed by atoms with Crippen molar-refractivity contribution in [2.24, 2.45) is 4.99 Å². The average Bonchev–Trinajstić information content (AvgIpc) is 3.15. The number of hydrogen-bond donors (Lipinski definition) is 2. The Morgan fingerprint density at radius 3 is 2.44 bits per heavy atom. The summed E-state index contributed by atoms with van der Waals surface area (Å²) in [6.07, 6.45) is -0.114. The highest BCUT2D eigenvalue weighted by molar-refractivity contribution is 14.0. The van der Waals surface area contributed by atoms with Gasteiger partial charge in [0, 0.05) is 6.54 Å². The zero-order valence-electron chi connectivity index (χ0n) is 19.4. The van der Waals surface area contributed by atoms with Crippen molar-refractivity contribution < 1.29 is 19.0 Å². The molecule has 2 unspecified atom stereocenters. The number of nitrogens with one attached hydrogen (secondary N) is 2. The van der Waals surface area contributed by atoms with Crippen LogP contribution in [0.1, 0.15) is 54.1 Å². The number of carbonyl (C=O) groups is 1. The van der Waals surface area contributed by atoms with Gasteiger partial charge in [-0.1, -0.05) is 0 Å². The predicted octanol–water partition coefficient (Wildman–Crippen LogP) is 4.34. The van der Waals surface area contributed by atoms with E-state index in [0.29, 0.717) is 29.7 Å². The number of carbonyl (C=O) groups excluding carboxylic acids is 1. The average molecular weight is 577 g/mol. The summed E-state index contributed by atoms with van der Waals surface area (Å²) in [4.78, 5) is 21.8. The zero-order chi connectivity index (χ0) is 22.8. The Balaban J connectivity index is 0.00000512. The quantitative estimate of drug-likeness (QED) is 0.188. The molecule has 10 heteroatoms. The summed E-state index contributed by atoms with van der Waals surface area (Å²) in [5.74, 6) is 1.88. The van der Waals surface area contributed by atoms with Gasteiger partial charge in [0.25, 0.3) is 0 Å². The third kappa shape index (κ3) is 8.45. The number of halogens is 1. The number of aryl methyl sites for hydroxylation is 1. The number of thiazole rings is 1. The molecule has 8 nitrogen and oxygen atoms in total. The van der Waals surface area contributed by atoms with Crippen LogP contribution in [0.4, 0.5) is 0 Å². The minimum atomic E-state index is -0.332. The molecule has 1 heterocycles. The molecular weight excluding hydrogens is 543 g/mol. The van der Waals surface area contributed by atoms with Gasteiger partial charge in [-0.2, -0.15) is 0 Å². The molecule has 2 atom stereocenters. The van der Waals surface area contributed by atoms with E-state index in [9.17, 15) is 4.79 Å². The molecule has 0 saturated heterocycles. The molecule has 2 aromatic rings. The van der Waals surface area contributed by atoms with Gasteiger partial charge in [0.2, 0.25) is 0 Å². The molecule has 0 amide bonds. The molecule has 2 rings (SSSR count). The fraction of sp³-hybridized carbons (Fsp3) is 0.500. The maximum Gasteiger partial charge on any atom is 0.350 e. The molecule has 0 fully saturated rings. The van der Waals surface area contributed by atoms with Crippen LogP contribution in [0.15, 0.2) is 29.3 Å². The lowest BCUT2D eigenvalue weighted by molar-refractivity contribution is 0.0531. The molecule has 2 N–H and O–H groups in total. The van der Waals surface area contributed by atoms with Gasteiger partial charge in [0.1, 0.15) is 27.5 Å². The fourth-order valence-electron chi connectivity index (χ4n) is 2.72. The highest BCUT2D eigenvalue weighted by atomic mass is 127. The maximum atomic E-state index is 12.1. The fourth-order valence-corrected chi connectivity index (χ4v) is 3.68. The van der Waals surface area contributed by atoms with Crippen molar-refractivity contribution in [1.29, 1.82) is 0 Å². The van der Waals surface area contributed by atoms with Crippen molar-refractivity contribution in [3.05, 3.63) is 39.8 Å². The molecule has 0 spiro atoms. The van der Waals surface area contributed by atoms with Crippen LogP contribution in [0.3, 0.4) is 0 Å². The van der Waals surface area contributed by atoms with Gasteiger partial charge in [-0.05, 0) is 58.9 Å². The summed E-state index contributed by atoms with van der Waals surface area (Å²) in [6, 6.07) is 7.34. The first-order valence-corrected chi connectivity index (χ1v) is 11.2.